The zero-order valence-corrected chi connectivity index (χ0v) is 14.9. The summed E-state index contributed by atoms with van der Waals surface area (Å²) in [6, 6.07) is 6.04. The SMILES string of the molecule is CN[C@H](C(=O)N1CC(Oc2c(C)cccc2C)C1)C(C)C.Cl. The number of amides is 1. The molecule has 0 saturated carbocycles. The molecule has 1 aliphatic rings. The topological polar surface area (TPSA) is 41.6 Å². The van der Waals surface area contributed by atoms with Gasteiger partial charge >= 0.3 is 0 Å². The summed E-state index contributed by atoms with van der Waals surface area (Å²) < 4.78 is 6.05. The molecule has 1 aliphatic heterocycles. The largest absolute Gasteiger partial charge is 0.486 e. The smallest absolute Gasteiger partial charge is 0.240 e. The van der Waals surface area contributed by atoms with Gasteiger partial charge in [0.1, 0.15) is 11.9 Å². The summed E-state index contributed by atoms with van der Waals surface area (Å²) in [7, 11) is 1.84. The van der Waals surface area contributed by atoms with Crippen LogP contribution in [0.4, 0.5) is 0 Å². The van der Waals surface area contributed by atoms with Crippen LogP contribution in [0.25, 0.3) is 0 Å². The van der Waals surface area contributed by atoms with Crippen LogP contribution in [0.2, 0.25) is 0 Å². The molecule has 0 bridgehead atoms. The van der Waals surface area contributed by atoms with Gasteiger partial charge in [-0.3, -0.25) is 4.79 Å². The van der Waals surface area contributed by atoms with Gasteiger partial charge in [0.05, 0.1) is 19.1 Å². The highest BCUT2D eigenvalue weighted by Crippen LogP contribution is 2.26. The molecule has 22 heavy (non-hydrogen) atoms. The number of para-hydroxylation sites is 1. The van der Waals surface area contributed by atoms with Gasteiger partial charge in [-0.15, -0.1) is 12.4 Å². The van der Waals surface area contributed by atoms with Crippen molar-refractivity contribution in [3.05, 3.63) is 29.3 Å². The van der Waals surface area contributed by atoms with Crippen molar-refractivity contribution in [2.24, 2.45) is 5.92 Å². The summed E-state index contributed by atoms with van der Waals surface area (Å²) in [4.78, 5) is 14.2. The van der Waals surface area contributed by atoms with Crippen LogP contribution in [0.3, 0.4) is 0 Å². The van der Waals surface area contributed by atoms with E-state index in [1.54, 1.807) is 0 Å². The Labute approximate surface area is 139 Å². The first-order valence-electron chi connectivity index (χ1n) is 7.63. The van der Waals surface area contributed by atoms with Crippen molar-refractivity contribution < 1.29 is 9.53 Å². The van der Waals surface area contributed by atoms with Crippen molar-refractivity contribution in [3.8, 4) is 5.75 Å². The molecule has 124 valence electrons. The third-order valence-corrected chi connectivity index (χ3v) is 4.10. The van der Waals surface area contributed by atoms with Crippen LogP contribution < -0.4 is 10.1 Å². The molecule has 1 heterocycles. The molecule has 1 aromatic carbocycles. The Morgan fingerprint density at radius 3 is 2.27 bits per heavy atom. The van der Waals surface area contributed by atoms with Gasteiger partial charge in [-0.1, -0.05) is 32.0 Å². The Morgan fingerprint density at radius 1 is 1.27 bits per heavy atom. The highest BCUT2D eigenvalue weighted by Gasteiger charge is 2.36. The first-order valence-corrected chi connectivity index (χ1v) is 7.63. The van der Waals surface area contributed by atoms with Crippen LogP contribution in [0, 0.1) is 19.8 Å². The molecule has 1 aromatic rings. The molecular weight excluding hydrogens is 300 g/mol. The Hall–Kier alpha value is -1.26. The highest BCUT2D eigenvalue weighted by atomic mass is 35.5. The lowest BCUT2D eigenvalue weighted by molar-refractivity contribution is -0.143. The average molecular weight is 327 g/mol. The summed E-state index contributed by atoms with van der Waals surface area (Å²) in [5, 5.41) is 3.10. The van der Waals surface area contributed by atoms with E-state index < -0.39 is 0 Å². The number of halogens is 1. The van der Waals surface area contributed by atoms with Crippen LogP contribution in [-0.4, -0.2) is 43.1 Å². The van der Waals surface area contributed by atoms with Crippen molar-refractivity contribution in [2.75, 3.05) is 20.1 Å². The van der Waals surface area contributed by atoms with E-state index in [0.29, 0.717) is 19.0 Å². The number of likely N-dealkylation sites (tertiary alicyclic amines) is 1. The molecule has 2 rings (SSSR count). The summed E-state index contributed by atoms with van der Waals surface area (Å²) in [5.41, 5.74) is 2.30. The zero-order chi connectivity index (χ0) is 15.6. The number of aryl methyl sites for hydroxylation is 2. The first-order chi connectivity index (χ1) is 9.93. The fraction of sp³-hybridized carbons (Fsp3) is 0.588. The van der Waals surface area contributed by atoms with Crippen LogP contribution in [0.5, 0.6) is 5.75 Å². The first kappa shape index (κ1) is 18.8. The average Bonchev–Trinajstić information content (AvgIpc) is 2.36. The van der Waals surface area contributed by atoms with Gasteiger partial charge < -0.3 is 15.0 Å². The van der Waals surface area contributed by atoms with E-state index in [1.165, 1.54) is 0 Å². The van der Waals surface area contributed by atoms with E-state index in [-0.39, 0.29) is 30.5 Å². The fourth-order valence-corrected chi connectivity index (χ4v) is 2.78. The molecule has 1 saturated heterocycles. The number of rotatable bonds is 5. The molecule has 0 spiro atoms. The fourth-order valence-electron chi connectivity index (χ4n) is 2.78. The summed E-state index contributed by atoms with van der Waals surface area (Å²) >= 11 is 0. The maximum absolute atomic E-state index is 12.3. The molecule has 0 aliphatic carbocycles. The third-order valence-electron chi connectivity index (χ3n) is 4.10. The van der Waals surface area contributed by atoms with Crippen molar-refractivity contribution in [1.82, 2.24) is 10.2 Å². The Bertz CT molecular complexity index is 493. The maximum Gasteiger partial charge on any atom is 0.240 e. The van der Waals surface area contributed by atoms with E-state index in [0.717, 1.165) is 16.9 Å². The van der Waals surface area contributed by atoms with Crippen LogP contribution in [0.15, 0.2) is 18.2 Å². The van der Waals surface area contributed by atoms with Gasteiger partial charge in [0, 0.05) is 0 Å². The number of nitrogens with one attached hydrogen (secondary N) is 1. The predicted octanol–water partition coefficient (Wildman–Crippen LogP) is 2.56. The zero-order valence-electron chi connectivity index (χ0n) is 14.1. The van der Waals surface area contributed by atoms with E-state index in [1.807, 2.05) is 18.0 Å². The number of nitrogens with zero attached hydrogens (tertiary/aromatic N) is 1. The van der Waals surface area contributed by atoms with Crippen molar-refractivity contribution in [1.29, 1.82) is 0 Å². The summed E-state index contributed by atoms with van der Waals surface area (Å²) in [6.45, 7) is 9.58. The number of hydrogen-bond donors (Lipinski definition) is 1. The number of likely N-dealkylation sites (N-methyl/N-ethyl adjacent to an activating group) is 1. The van der Waals surface area contributed by atoms with E-state index in [4.69, 9.17) is 4.74 Å². The number of ether oxygens (including phenoxy) is 1. The van der Waals surface area contributed by atoms with Crippen molar-refractivity contribution in [3.63, 3.8) is 0 Å². The van der Waals surface area contributed by atoms with Gasteiger partial charge in [-0.05, 0) is 37.9 Å². The lowest BCUT2D eigenvalue weighted by Crippen LogP contribution is -2.61. The Morgan fingerprint density at radius 2 is 1.82 bits per heavy atom. The van der Waals surface area contributed by atoms with Crippen LogP contribution in [-0.2, 0) is 4.79 Å². The van der Waals surface area contributed by atoms with E-state index in [2.05, 4.69) is 45.1 Å². The van der Waals surface area contributed by atoms with Crippen LogP contribution >= 0.6 is 12.4 Å². The number of carbonyl (C=O) groups excluding carboxylic acids is 1. The minimum Gasteiger partial charge on any atom is -0.486 e. The van der Waals surface area contributed by atoms with Gasteiger partial charge in [0.25, 0.3) is 0 Å². The molecule has 1 fully saturated rings. The quantitative estimate of drug-likeness (QED) is 0.904. The predicted molar refractivity (Wildman–Crippen MR) is 91.8 cm³/mol. The highest BCUT2D eigenvalue weighted by molar-refractivity contribution is 5.85. The second kappa shape index (κ2) is 7.84. The van der Waals surface area contributed by atoms with Gasteiger partial charge in [0.15, 0.2) is 0 Å². The third kappa shape index (κ3) is 3.93. The lowest BCUT2D eigenvalue weighted by atomic mass is 10.0. The van der Waals surface area contributed by atoms with E-state index >= 15 is 0 Å². The molecule has 0 unspecified atom stereocenters. The van der Waals surface area contributed by atoms with Gasteiger partial charge in [0.2, 0.25) is 5.91 Å². The molecule has 4 nitrogen and oxygen atoms in total. The van der Waals surface area contributed by atoms with Crippen molar-refractivity contribution >= 4 is 18.3 Å². The monoisotopic (exact) mass is 326 g/mol. The van der Waals surface area contributed by atoms with Gasteiger partial charge in [-0.2, -0.15) is 0 Å². The maximum atomic E-state index is 12.3. The minimum absolute atomic E-state index is 0. The summed E-state index contributed by atoms with van der Waals surface area (Å²) in [6.07, 6.45) is 0.110. The molecule has 0 aromatic heterocycles. The second-order valence-electron chi connectivity index (χ2n) is 6.21. The number of benzene rings is 1. The summed E-state index contributed by atoms with van der Waals surface area (Å²) in [5.74, 6) is 1.43. The molecule has 5 heteroatoms. The van der Waals surface area contributed by atoms with Gasteiger partial charge in [-0.25, -0.2) is 0 Å². The van der Waals surface area contributed by atoms with Crippen LogP contribution in [0.1, 0.15) is 25.0 Å². The Balaban J connectivity index is 0.00000242. The van der Waals surface area contributed by atoms with E-state index in [9.17, 15) is 4.79 Å². The number of hydrogen-bond acceptors (Lipinski definition) is 3. The lowest BCUT2D eigenvalue weighted by Gasteiger charge is -2.41. The Kier molecular flexibility index (Phi) is 6.69. The molecule has 0 radical (unpaired) electrons. The number of carbonyl (C=O) groups is 1. The second-order valence-corrected chi connectivity index (χ2v) is 6.21. The molecule has 1 N–H and O–H groups in total. The standard InChI is InChI=1S/C17H26N2O2.ClH/c1-11(2)15(18-5)17(20)19-9-14(10-19)21-16-12(3)7-6-8-13(16)4;/h6-8,11,14-15,18H,9-10H2,1-5H3;1H/t15-;/m0./s1. The van der Waals surface area contributed by atoms with Crippen molar-refractivity contribution in [2.45, 2.75) is 39.8 Å². The minimum atomic E-state index is -0.105. The normalized spacial score (nSPS) is 16.0. The molecular formula is C17H27ClN2O2. The molecule has 1 atom stereocenters. The molecule has 1 amide bonds.